The van der Waals surface area contributed by atoms with Gasteiger partial charge in [-0.15, -0.1) is 0 Å². The van der Waals surface area contributed by atoms with E-state index < -0.39 is 5.60 Å². The minimum Gasteiger partial charge on any atom is -0.380 e. The summed E-state index contributed by atoms with van der Waals surface area (Å²) in [5.41, 5.74) is 1.78. The minimum atomic E-state index is -1.03. The summed E-state index contributed by atoms with van der Waals surface area (Å²) in [6.45, 7) is 4.90. The van der Waals surface area contributed by atoms with E-state index in [4.69, 9.17) is 0 Å². The molecule has 0 fully saturated rings. The predicted molar refractivity (Wildman–Crippen MR) is 88.2 cm³/mol. The van der Waals surface area contributed by atoms with Gasteiger partial charge in [0.15, 0.2) is 0 Å². The monoisotopic (exact) mass is 281 g/mol. The molecule has 21 heavy (non-hydrogen) atoms. The van der Waals surface area contributed by atoms with Gasteiger partial charge in [0.2, 0.25) is 0 Å². The fourth-order valence-electron chi connectivity index (χ4n) is 2.66. The summed E-state index contributed by atoms with van der Waals surface area (Å²) in [4.78, 5) is 2.07. The lowest BCUT2D eigenvalue weighted by Gasteiger charge is -2.31. The van der Waals surface area contributed by atoms with E-state index >= 15 is 0 Å². The van der Waals surface area contributed by atoms with Crippen molar-refractivity contribution < 1.29 is 5.11 Å². The van der Waals surface area contributed by atoms with E-state index in [1.807, 2.05) is 74.8 Å². The molecule has 0 unspecified atom stereocenters. The van der Waals surface area contributed by atoms with Crippen molar-refractivity contribution in [2.45, 2.75) is 12.0 Å². The van der Waals surface area contributed by atoms with Crippen molar-refractivity contribution in [3.05, 3.63) is 83.9 Å². The van der Waals surface area contributed by atoms with Crippen LogP contribution in [0.4, 0.5) is 0 Å². The lowest BCUT2D eigenvalue weighted by atomic mass is 9.81. The number of hydrogen-bond acceptors (Lipinski definition) is 2. The van der Waals surface area contributed by atoms with Crippen LogP contribution >= 0.6 is 0 Å². The molecule has 110 valence electrons. The molecule has 1 N–H and O–H groups in total. The first kappa shape index (κ1) is 15.5. The Morgan fingerprint density at radius 1 is 0.952 bits per heavy atom. The van der Waals surface area contributed by atoms with Crippen LogP contribution in [0.2, 0.25) is 0 Å². The number of hydrogen-bond donors (Lipinski definition) is 1. The Morgan fingerprint density at radius 2 is 1.38 bits per heavy atom. The van der Waals surface area contributed by atoms with Crippen LogP contribution in [0.5, 0.6) is 0 Å². The fraction of sp³-hybridized carbons (Fsp3) is 0.263. The highest BCUT2D eigenvalue weighted by Crippen LogP contribution is 2.35. The number of nitrogens with zero attached hydrogens (tertiary/aromatic N) is 1. The molecule has 0 heterocycles. The molecular formula is C19H23NO. The second-order valence-corrected chi connectivity index (χ2v) is 5.76. The molecule has 0 amide bonds. The van der Waals surface area contributed by atoms with Crippen molar-refractivity contribution >= 4 is 0 Å². The summed E-state index contributed by atoms with van der Waals surface area (Å²) in [6, 6.07) is 19.6. The number of benzene rings is 2. The first-order valence-corrected chi connectivity index (χ1v) is 7.17. The van der Waals surface area contributed by atoms with Gasteiger partial charge in [-0.1, -0.05) is 72.8 Å². The second kappa shape index (κ2) is 6.70. The molecule has 0 aliphatic carbocycles. The van der Waals surface area contributed by atoms with Crippen LogP contribution in [0.1, 0.15) is 17.5 Å². The largest absolute Gasteiger partial charge is 0.380 e. The molecule has 2 nitrogen and oxygen atoms in total. The van der Waals surface area contributed by atoms with E-state index in [0.717, 1.165) is 23.2 Å². The van der Waals surface area contributed by atoms with Crippen LogP contribution in [-0.4, -0.2) is 30.6 Å². The van der Waals surface area contributed by atoms with E-state index in [0.29, 0.717) is 6.42 Å². The average Bonchev–Trinajstić information content (AvgIpc) is 2.48. The molecule has 0 bridgehead atoms. The van der Waals surface area contributed by atoms with Crippen molar-refractivity contribution in [3.63, 3.8) is 0 Å². The number of aliphatic hydroxyl groups is 1. The van der Waals surface area contributed by atoms with Gasteiger partial charge in [0.05, 0.1) is 0 Å². The zero-order valence-electron chi connectivity index (χ0n) is 12.8. The maximum Gasteiger partial charge on any atom is 0.118 e. The topological polar surface area (TPSA) is 23.5 Å². The van der Waals surface area contributed by atoms with Gasteiger partial charge in [-0.2, -0.15) is 0 Å². The standard InChI is InChI=1S/C19H23NO/c1-16(15-20(2)3)14-19(21,17-10-6-4-7-11-17)18-12-8-5-9-13-18/h4-13,21H,1,14-15H2,2-3H3. The molecular weight excluding hydrogens is 258 g/mol. The third-order valence-corrected chi connectivity index (χ3v) is 3.55. The number of rotatable bonds is 6. The SMILES string of the molecule is C=C(CN(C)C)CC(O)(c1ccccc1)c1ccccc1. The van der Waals surface area contributed by atoms with E-state index in [2.05, 4.69) is 11.5 Å². The lowest BCUT2D eigenvalue weighted by Crippen LogP contribution is -2.29. The Morgan fingerprint density at radius 3 is 1.76 bits per heavy atom. The fourth-order valence-corrected chi connectivity index (χ4v) is 2.66. The van der Waals surface area contributed by atoms with E-state index in [1.54, 1.807) is 0 Å². The molecule has 0 atom stereocenters. The molecule has 0 aliphatic heterocycles. The third kappa shape index (κ3) is 3.81. The zero-order valence-corrected chi connectivity index (χ0v) is 12.8. The van der Waals surface area contributed by atoms with Crippen molar-refractivity contribution in [1.29, 1.82) is 0 Å². The van der Waals surface area contributed by atoms with Gasteiger partial charge in [0.25, 0.3) is 0 Å². The maximum absolute atomic E-state index is 11.4. The molecule has 0 radical (unpaired) electrons. The summed E-state index contributed by atoms with van der Waals surface area (Å²) in [5.74, 6) is 0. The average molecular weight is 281 g/mol. The van der Waals surface area contributed by atoms with Crippen LogP contribution in [0.25, 0.3) is 0 Å². The Balaban J connectivity index is 2.38. The van der Waals surface area contributed by atoms with E-state index in [1.165, 1.54) is 0 Å². The smallest absolute Gasteiger partial charge is 0.118 e. The van der Waals surface area contributed by atoms with Crippen LogP contribution in [0.15, 0.2) is 72.8 Å². The van der Waals surface area contributed by atoms with Crippen molar-refractivity contribution in [3.8, 4) is 0 Å². The molecule has 0 saturated carbocycles. The summed E-state index contributed by atoms with van der Waals surface area (Å²) in [7, 11) is 4.02. The van der Waals surface area contributed by atoms with Crippen molar-refractivity contribution in [1.82, 2.24) is 4.90 Å². The van der Waals surface area contributed by atoms with Crippen LogP contribution in [0.3, 0.4) is 0 Å². The van der Waals surface area contributed by atoms with Gasteiger partial charge in [-0.25, -0.2) is 0 Å². The highest BCUT2D eigenvalue weighted by Gasteiger charge is 2.31. The highest BCUT2D eigenvalue weighted by atomic mass is 16.3. The molecule has 0 aromatic heterocycles. The third-order valence-electron chi connectivity index (χ3n) is 3.55. The Hall–Kier alpha value is -1.90. The lowest BCUT2D eigenvalue weighted by molar-refractivity contribution is 0.0796. The molecule has 2 aromatic carbocycles. The quantitative estimate of drug-likeness (QED) is 0.820. The summed E-state index contributed by atoms with van der Waals surface area (Å²) < 4.78 is 0. The molecule has 2 heteroatoms. The molecule has 0 saturated heterocycles. The van der Waals surface area contributed by atoms with Gasteiger partial charge >= 0.3 is 0 Å². The Labute approximate surface area is 127 Å². The van der Waals surface area contributed by atoms with Crippen molar-refractivity contribution in [2.24, 2.45) is 0 Å². The normalized spacial score (nSPS) is 11.6. The van der Waals surface area contributed by atoms with Gasteiger partial charge in [-0.05, 0) is 25.2 Å². The van der Waals surface area contributed by atoms with E-state index in [9.17, 15) is 5.11 Å². The highest BCUT2D eigenvalue weighted by molar-refractivity contribution is 5.37. The van der Waals surface area contributed by atoms with Crippen molar-refractivity contribution in [2.75, 3.05) is 20.6 Å². The van der Waals surface area contributed by atoms with Crippen LogP contribution in [-0.2, 0) is 5.60 Å². The molecule has 0 aliphatic rings. The first-order chi connectivity index (χ1) is 10.0. The first-order valence-electron chi connectivity index (χ1n) is 7.17. The predicted octanol–water partition coefficient (Wildman–Crippen LogP) is 3.43. The Bertz CT molecular complexity index is 536. The minimum absolute atomic E-state index is 0.513. The van der Waals surface area contributed by atoms with Crippen LogP contribution in [0, 0.1) is 0 Å². The Kier molecular flexibility index (Phi) is 4.94. The van der Waals surface area contributed by atoms with Gasteiger partial charge < -0.3 is 10.0 Å². The summed E-state index contributed by atoms with van der Waals surface area (Å²) in [6.07, 6.45) is 0.513. The number of likely N-dealkylation sites (N-methyl/N-ethyl adjacent to an activating group) is 1. The molecule has 2 aromatic rings. The summed E-state index contributed by atoms with van der Waals surface area (Å²) in [5, 5.41) is 11.4. The molecule has 2 rings (SSSR count). The zero-order chi connectivity index (χ0) is 15.3. The van der Waals surface area contributed by atoms with Gasteiger partial charge in [0, 0.05) is 13.0 Å². The second-order valence-electron chi connectivity index (χ2n) is 5.76. The maximum atomic E-state index is 11.4. The van der Waals surface area contributed by atoms with Crippen LogP contribution < -0.4 is 0 Å². The molecule has 0 spiro atoms. The van der Waals surface area contributed by atoms with Gasteiger partial charge in [0.1, 0.15) is 5.60 Å². The summed E-state index contributed by atoms with van der Waals surface area (Å²) >= 11 is 0. The van der Waals surface area contributed by atoms with Gasteiger partial charge in [-0.3, -0.25) is 0 Å². The van der Waals surface area contributed by atoms with E-state index in [-0.39, 0.29) is 0 Å².